The van der Waals surface area contributed by atoms with Gasteiger partial charge in [-0.05, 0) is 72.2 Å². The van der Waals surface area contributed by atoms with Crippen LogP contribution in [-0.4, -0.2) is 24.8 Å². The maximum atomic E-state index is 13.8. The SMILES string of the molecule is COc1cc(Cl)c(C)cc1NC(=O)C(Sc1cccc(NC(=O)/C(=C\c2cccc(Cl)c2Cl)NC(=O)c2ccccc2)c1)c1ccccc1. The Kier molecular flexibility index (Phi) is 12.0. The Labute approximate surface area is 303 Å². The van der Waals surface area contributed by atoms with Crippen molar-refractivity contribution in [2.45, 2.75) is 17.1 Å². The van der Waals surface area contributed by atoms with E-state index in [2.05, 4.69) is 16.0 Å². The van der Waals surface area contributed by atoms with Crippen LogP contribution in [0.5, 0.6) is 5.75 Å². The minimum atomic E-state index is -0.668. The van der Waals surface area contributed by atoms with Gasteiger partial charge in [0.15, 0.2) is 0 Å². The number of anilines is 2. The van der Waals surface area contributed by atoms with Gasteiger partial charge >= 0.3 is 0 Å². The Balaban J connectivity index is 1.41. The average molecular weight is 731 g/mol. The lowest BCUT2D eigenvalue weighted by Gasteiger charge is -2.19. The van der Waals surface area contributed by atoms with E-state index in [1.54, 1.807) is 78.9 Å². The van der Waals surface area contributed by atoms with E-state index in [0.29, 0.717) is 43.2 Å². The summed E-state index contributed by atoms with van der Waals surface area (Å²) in [4.78, 5) is 41.3. The summed E-state index contributed by atoms with van der Waals surface area (Å²) in [7, 11) is 1.51. The highest BCUT2D eigenvalue weighted by Gasteiger charge is 2.24. The van der Waals surface area contributed by atoms with Crippen LogP contribution in [0.2, 0.25) is 15.1 Å². The van der Waals surface area contributed by atoms with Gasteiger partial charge in [-0.15, -0.1) is 11.8 Å². The Morgan fingerprint density at radius 3 is 2.18 bits per heavy atom. The highest BCUT2D eigenvalue weighted by molar-refractivity contribution is 8.00. The number of hydrogen-bond acceptors (Lipinski definition) is 5. The highest BCUT2D eigenvalue weighted by Crippen LogP contribution is 2.39. The standard InChI is InChI=1S/C38H30Cl3N3O4S/c1-23-19-31(33(48-2)22-30(23)40)43-38(47)35(24-11-5-3-6-12-24)49-28-17-10-16-27(21-28)42-37(46)32(20-26-15-9-18-29(39)34(26)41)44-36(45)25-13-7-4-8-14-25/h3-22,35H,1-2H3,(H,42,46)(H,43,47)(H,44,45)/b32-20+. The molecule has 0 radical (unpaired) electrons. The number of ether oxygens (including phenoxy) is 1. The van der Waals surface area contributed by atoms with E-state index >= 15 is 0 Å². The largest absolute Gasteiger partial charge is 0.495 e. The molecule has 5 aromatic carbocycles. The van der Waals surface area contributed by atoms with Crippen LogP contribution in [0, 0.1) is 6.92 Å². The van der Waals surface area contributed by atoms with Crippen LogP contribution in [0.3, 0.4) is 0 Å². The molecule has 0 spiro atoms. The first-order valence-corrected chi connectivity index (χ1v) is 16.9. The molecule has 7 nitrogen and oxygen atoms in total. The molecule has 5 aromatic rings. The van der Waals surface area contributed by atoms with Crippen LogP contribution >= 0.6 is 46.6 Å². The van der Waals surface area contributed by atoms with Crippen molar-refractivity contribution in [3.63, 3.8) is 0 Å². The predicted molar refractivity (Wildman–Crippen MR) is 200 cm³/mol. The van der Waals surface area contributed by atoms with E-state index in [-0.39, 0.29) is 16.6 Å². The van der Waals surface area contributed by atoms with Gasteiger partial charge in [0.05, 0.1) is 22.8 Å². The quantitative estimate of drug-likeness (QED) is 0.0929. The van der Waals surface area contributed by atoms with E-state index in [4.69, 9.17) is 39.5 Å². The molecule has 0 heterocycles. The summed E-state index contributed by atoms with van der Waals surface area (Å²) in [5, 5.41) is 8.95. The van der Waals surface area contributed by atoms with Crippen molar-refractivity contribution >= 4 is 81.7 Å². The Morgan fingerprint density at radius 2 is 1.47 bits per heavy atom. The fourth-order valence-corrected chi connectivity index (χ4v) is 6.34. The third-order valence-electron chi connectivity index (χ3n) is 7.24. The number of methoxy groups -OCH3 is 1. The second-order valence-corrected chi connectivity index (χ2v) is 13.1. The number of thioether (sulfide) groups is 1. The van der Waals surface area contributed by atoms with Crippen LogP contribution in [0.1, 0.15) is 32.3 Å². The number of aryl methyl sites for hydroxylation is 1. The first kappa shape index (κ1) is 35.6. The molecule has 0 aromatic heterocycles. The number of amides is 3. The Bertz CT molecular complexity index is 2020. The zero-order valence-electron chi connectivity index (χ0n) is 26.3. The summed E-state index contributed by atoms with van der Waals surface area (Å²) in [6.45, 7) is 1.85. The minimum Gasteiger partial charge on any atom is -0.495 e. The van der Waals surface area contributed by atoms with Crippen LogP contribution in [-0.2, 0) is 9.59 Å². The molecule has 11 heteroatoms. The first-order chi connectivity index (χ1) is 23.6. The summed E-state index contributed by atoms with van der Waals surface area (Å²) in [5.74, 6) is -0.913. The zero-order chi connectivity index (χ0) is 34.9. The summed E-state index contributed by atoms with van der Waals surface area (Å²) in [6, 6.07) is 33.4. The Hall–Kier alpha value is -4.73. The topological polar surface area (TPSA) is 96.5 Å². The molecule has 0 bridgehead atoms. The van der Waals surface area contributed by atoms with Gasteiger partial charge in [0.1, 0.15) is 16.7 Å². The van der Waals surface area contributed by atoms with E-state index < -0.39 is 17.1 Å². The van der Waals surface area contributed by atoms with Crippen LogP contribution in [0.15, 0.2) is 126 Å². The van der Waals surface area contributed by atoms with Crippen molar-refractivity contribution in [2.75, 3.05) is 17.7 Å². The molecule has 5 rings (SSSR count). The van der Waals surface area contributed by atoms with Crippen LogP contribution in [0.25, 0.3) is 6.08 Å². The second-order valence-electron chi connectivity index (χ2n) is 10.7. The number of carbonyl (C=O) groups is 3. The normalized spacial score (nSPS) is 11.7. The lowest BCUT2D eigenvalue weighted by molar-refractivity contribution is -0.116. The lowest BCUT2D eigenvalue weighted by Crippen LogP contribution is -2.30. The highest BCUT2D eigenvalue weighted by atomic mass is 35.5. The van der Waals surface area contributed by atoms with Gasteiger partial charge in [0.25, 0.3) is 11.8 Å². The molecule has 1 unspecified atom stereocenters. The van der Waals surface area contributed by atoms with E-state index in [1.165, 1.54) is 24.9 Å². The van der Waals surface area contributed by atoms with Gasteiger partial charge in [0, 0.05) is 27.2 Å². The maximum absolute atomic E-state index is 13.8. The number of halogens is 3. The number of benzene rings is 5. The van der Waals surface area contributed by atoms with Crippen molar-refractivity contribution < 1.29 is 19.1 Å². The molecule has 0 saturated heterocycles. The van der Waals surface area contributed by atoms with Gasteiger partial charge in [-0.25, -0.2) is 0 Å². The molecular weight excluding hydrogens is 701 g/mol. The minimum absolute atomic E-state index is 0.0511. The number of nitrogens with one attached hydrogen (secondary N) is 3. The number of hydrogen-bond donors (Lipinski definition) is 3. The lowest BCUT2D eigenvalue weighted by atomic mass is 10.1. The second kappa shape index (κ2) is 16.6. The summed E-state index contributed by atoms with van der Waals surface area (Å²) in [6.07, 6.45) is 1.46. The molecule has 0 aliphatic heterocycles. The maximum Gasteiger partial charge on any atom is 0.272 e. The average Bonchev–Trinajstić information content (AvgIpc) is 3.11. The third kappa shape index (κ3) is 9.25. The fraction of sp³-hybridized carbons (Fsp3) is 0.0789. The first-order valence-electron chi connectivity index (χ1n) is 14.9. The van der Waals surface area contributed by atoms with Gasteiger partial charge in [-0.1, -0.05) is 102 Å². The summed E-state index contributed by atoms with van der Waals surface area (Å²) in [5.41, 5.74) is 3.26. The summed E-state index contributed by atoms with van der Waals surface area (Å²) < 4.78 is 5.47. The van der Waals surface area contributed by atoms with Crippen molar-refractivity contribution in [3.05, 3.63) is 158 Å². The molecule has 3 amide bonds. The number of carbonyl (C=O) groups excluding carboxylic acids is 3. The van der Waals surface area contributed by atoms with Gasteiger partial charge in [-0.2, -0.15) is 0 Å². The van der Waals surface area contributed by atoms with E-state index in [0.717, 1.165) is 11.1 Å². The smallest absolute Gasteiger partial charge is 0.272 e. The van der Waals surface area contributed by atoms with Gasteiger partial charge in [-0.3, -0.25) is 14.4 Å². The van der Waals surface area contributed by atoms with E-state index in [9.17, 15) is 14.4 Å². The molecular formula is C38H30Cl3N3O4S. The molecule has 0 fully saturated rings. The third-order valence-corrected chi connectivity index (χ3v) is 9.72. The van der Waals surface area contributed by atoms with Crippen molar-refractivity contribution in [3.8, 4) is 5.75 Å². The van der Waals surface area contributed by atoms with E-state index in [1.807, 2.05) is 43.3 Å². The Morgan fingerprint density at radius 1 is 0.776 bits per heavy atom. The van der Waals surface area contributed by atoms with Crippen LogP contribution in [0.4, 0.5) is 11.4 Å². The van der Waals surface area contributed by atoms with Gasteiger partial charge < -0.3 is 20.7 Å². The molecule has 3 N–H and O–H groups in total. The summed E-state index contributed by atoms with van der Waals surface area (Å²) >= 11 is 20.2. The van der Waals surface area contributed by atoms with Crippen LogP contribution < -0.4 is 20.7 Å². The van der Waals surface area contributed by atoms with Crippen molar-refractivity contribution in [2.24, 2.45) is 0 Å². The molecule has 0 saturated carbocycles. The molecule has 1 atom stereocenters. The molecule has 0 aliphatic carbocycles. The molecule has 248 valence electrons. The zero-order valence-corrected chi connectivity index (χ0v) is 29.4. The van der Waals surface area contributed by atoms with Crippen molar-refractivity contribution in [1.29, 1.82) is 0 Å². The monoisotopic (exact) mass is 729 g/mol. The molecule has 0 aliphatic rings. The molecule has 49 heavy (non-hydrogen) atoms. The van der Waals surface area contributed by atoms with Crippen molar-refractivity contribution in [1.82, 2.24) is 5.32 Å². The fourth-order valence-electron chi connectivity index (χ4n) is 4.74. The van der Waals surface area contributed by atoms with Gasteiger partial charge in [0.2, 0.25) is 5.91 Å². The number of rotatable bonds is 11. The predicted octanol–water partition coefficient (Wildman–Crippen LogP) is 9.85.